The van der Waals surface area contributed by atoms with E-state index in [1.807, 2.05) is 32.9 Å². The van der Waals surface area contributed by atoms with Crippen molar-refractivity contribution in [3.05, 3.63) is 42.8 Å². The molecule has 0 bridgehead atoms. The fraction of sp³-hybridized carbons (Fsp3) is 0.222. The Morgan fingerprint density at radius 2 is 1.92 bits per heavy atom. The Kier molecular flexibility index (Phi) is 3.89. The third-order valence-corrected chi connectivity index (χ3v) is 3.36. The number of pyridine rings is 1. The van der Waals surface area contributed by atoms with E-state index in [1.54, 1.807) is 30.7 Å². The minimum Gasteiger partial charge on any atom is -0.463 e. The second-order valence-electron chi connectivity index (χ2n) is 6.42. The van der Waals surface area contributed by atoms with Gasteiger partial charge in [-0.05, 0) is 44.5 Å². The van der Waals surface area contributed by atoms with Crippen molar-refractivity contribution in [2.45, 2.75) is 26.4 Å². The monoisotopic (exact) mass is 325 g/mol. The van der Waals surface area contributed by atoms with E-state index in [4.69, 9.17) is 14.9 Å². The van der Waals surface area contributed by atoms with Gasteiger partial charge in [-0.25, -0.2) is 9.78 Å². The van der Waals surface area contributed by atoms with Gasteiger partial charge in [-0.15, -0.1) is 0 Å². The first-order chi connectivity index (χ1) is 11.3. The second-order valence-corrected chi connectivity index (χ2v) is 6.42. The first kappa shape index (κ1) is 15.9. The van der Waals surface area contributed by atoms with E-state index in [-0.39, 0.29) is 0 Å². The van der Waals surface area contributed by atoms with Crippen molar-refractivity contribution in [3.63, 3.8) is 0 Å². The highest BCUT2D eigenvalue weighted by molar-refractivity contribution is 6.00. The summed E-state index contributed by atoms with van der Waals surface area (Å²) in [7, 11) is 0. The normalized spacial score (nSPS) is 11.5. The average molecular weight is 325 g/mol. The van der Waals surface area contributed by atoms with Gasteiger partial charge in [0.1, 0.15) is 17.0 Å². The fourth-order valence-corrected chi connectivity index (χ4v) is 2.38. The van der Waals surface area contributed by atoms with E-state index in [0.29, 0.717) is 17.1 Å². The van der Waals surface area contributed by atoms with Crippen molar-refractivity contribution >= 4 is 28.6 Å². The van der Waals surface area contributed by atoms with Gasteiger partial charge in [-0.1, -0.05) is 12.1 Å². The lowest BCUT2D eigenvalue weighted by Gasteiger charge is -2.19. The van der Waals surface area contributed by atoms with Crippen molar-refractivity contribution in [3.8, 4) is 11.1 Å². The van der Waals surface area contributed by atoms with Crippen LogP contribution < -0.4 is 11.1 Å². The number of nitrogen functional groups attached to an aromatic ring is 1. The van der Waals surface area contributed by atoms with Crippen molar-refractivity contribution in [1.82, 2.24) is 4.98 Å². The van der Waals surface area contributed by atoms with Crippen LogP contribution in [0.25, 0.3) is 22.1 Å². The van der Waals surface area contributed by atoms with E-state index in [2.05, 4.69) is 10.3 Å². The van der Waals surface area contributed by atoms with Crippen LogP contribution >= 0.6 is 0 Å². The number of benzene rings is 1. The number of hydrogen-bond donors (Lipinski definition) is 2. The maximum Gasteiger partial charge on any atom is 0.412 e. The van der Waals surface area contributed by atoms with Crippen LogP contribution in [0.15, 0.2) is 47.2 Å². The molecule has 6 heteroatoms. The molecule has 1 amide bonds. The molecule has 0 fully saturated rings. The number of nitrogens with zero attached hydrogens (tertiary/aromatic N) is 1. The Hall–Kier alpha value is -3.02. The molecule has 1 aromatic carbocycles. The lowest BCUT2D eigenvalue weighted by Crippen LogP contribution is -2.27. The molecule has 3 N–H and O–H groups in total. The third kappa shape index (κ3) is 3.32. The number of rotatable bonds is 2. The molecule has 0 radical (unpaired) electrons. The third-order valence-electron chi connectivity index (χ3n) is 3.36. The molecule has 0 aliphatic rings. The molecular weight excluding hydrogens is 306 g/mol. The number of ether oxygens (including phenoxy) is 1. The number of hydrogen-bond acceptors (Lipinski definition) is 5. The van der Waals surface area contributed by atoms with Crippen molar-refractivity contribution < 1.29 is 13.9 Å². The molecule has 2 heterocycles. The van der Waals surface area contributed by atoms with Gasteiger partial charge in [0.15, 0.2) is 0 Å². The van der Waals surface area contributed by atoms with Crippen LogP contribution in [0.3, 0.4) is 0 Å². The molecule has 0 saturated carbocycles. The van der Waals surface area contributed by atoms with Crippen LogP contribution in [0.1, 0.15) is 20.8 Å². The minimum atomic E-state index is -0.537. The predicted molar refractivity (Wildman–Crippen MR) is 93.7 cm³/mol. The predicted octanol–water partition coefficient (Wildman–Crippen LogP) is 4.42. The van der Waals surface area contributed by atoms with Crippen molar-refractivity contribution in [2.24, 2.45) is 0 Å². The van der Waals surface area contributed by atoms with Crippen LogP contribution in [0.2, 0.25) is 0 Å². The Labute approximate surface area is 139 Å². The van der Waals surface area contributed by atoms with E-state index in [0.717, 1.165) is 16.5 Å². The van der Waals surface area contributed by atoms with Gasteiger partial charge in [0.2, 0.25) is 0 Å². The van der Waals surface area contributed by atoms with Gasteiger partial charge in [-0.2, -0.15) is 0 Å². The zero-order valence-electron chi connectivity index (χ0n) is 13.8. The average Bonchev–Trinajstić information content (AvgIpc) is 2.91. The summed E-state index contributed by atoms with van der Waals surface area (Å²) in [5.41, 5.74) is 8.53. The van der Waals surface area contributed by atoms with E-state index >= 15 is 0 Å². The number of carbonyl (C=O) groups is 1. The summed E-state index contributed by atoms with van der Waals surface area (Å²) >= 11 is 0. The van der Waals surface area contributed by atoms with Gasteiger partial charge in [0.05, 0.1) is 11.6 Å². The lowest BCUT2D eigenvalue weighted by atomic mass is 10.1. The van der Waals surface area contributed by atoms with Gasteiger partial charge < -0.3 is 14.9 Å². The summed E-state index contributed by atoms with van der Waals surface area (Å²) in [4.78, 5) is 15.9. The quantitative estimate of drug-likeness (QED) is 0.727. The Morgan fingerprint density at radius 3 is 2.58 bits per heavy atom. The van der Waals surface area contributed by atoms with Crippen molar-refractivity contribution in [1.29, 1.82) is 0 Å². The second kappa shape index (κ2) is 5.88. The maximum atomic E-state index is 11.8. The van der Waals surface area contributed by atoms with Gasteiger partial charge in [0, 0.05) is 17.4 Å². The number of fused-ring (bicyclic) bond motifs is 1. The Balaban J connectivity index is 1.83. The topological polar surface area (TPSA) is 90.4 Å². The zero-order chi connectivity index (χ0) is 17.3. The maximum absolute atomic E-state index is 11.8. The number of nitrogens with two attached hydrogens (primary N) is 1. The molecule has 24 heavy (non-hydrogen) atoms. The molecule has 6 nitrogen and oxygen atoms in total. The molecule has 3 rings (SSSR count). The number of amides is 1. The summed E-state index contributed by atoms with van der Waals surface area (Å²) in [5, 5.41) is 3.48. The number of carbonyl (C=O) groups excluding carboxylic acids is 1. The first-order valence-corrected chi connectivity index (χ1v) is 7.55. The van der Waals surface area contributed by atoms with Crippen LogP contribution in [0, 0.1) is 0 Å². The Morgan fingerprint density at radius 1 is 1.21 bits per heavy atom. The molecule has 0 aliphatic heterocycles. The summed E-state index contributed by atoms with van der Waals surface area (Å²) < 4.78 is 10.8. The highest BCUT2D eigenvalue weighted by atomic mass is 16.6. The molecule has 2 aromatic heterocycles. The fourth-order valence-electron chi connectivity index (χ4n) is 2.38. The van der Waals surface area contributed by atoms with Crippen LogP contribution in [-0.2, 0) is 4.74 Å². The highest BCUT2D eigenvalue weighted by Gasteiger charge is 2.16. The number of anilines is 2. The standard InChI is InChI=1S/C18H19N3O3/c1-18(2,3)24-17(22)21-12-6-4-11(5-7-12)13-10-23-14-8-9-20-16(19)15(13)14/h4-10H,1-3H3,(H2,19,20)(H,21,22). The molecule has 0 atom stereocenters. The lowest BCUT2D eigenvalue weighted by molar-refractivity contribution is 0.0636. The van der Waals surface area contributed by atoms with Crippen molar-refractivity contribution in [2.75, 3.05) is 11.1 Å². The smallest absolute Gasteiger partial charge is 0.412 e. The molecule has 0 saturated heterocycles. The van der Waals surface area contributed by atoms with Gasteiger partial charge in [0.25, 0.3) is 0 Å². The first-order valence-electron chi connectivity index (χ1n) is 7.55. The zero-order valence-corrected chi connectivity index (χ0v) is 13.8. The van der Waals surface area contributed by atoms with E-state index < -0.39 is 11.7 Å². The van der Waals surface area contributed by atoms with Gasteiger partial charge >= 0.3 is 6.09 Å². The summed E-state index contributed by atoms with van der Waals surface area (Å²) in [6.07, 6.45) is 2.77. The summed E-state index contributed by atoms with van der Waals surface area (Å²) in [6, 6.07) is 9.12. The Bertz CT molecular complexity index is 877. The molecule has 124 valence electrons. The van der Waals surface area contributed by atoms with E-state index in [9.17, 15) is 4.79 Å². The summed E-state index contributed by atoms with van der Waals surface area (Å²) in [5.74, 6) is 0.423. The van der Waals surface area contributed by atoms with Crippen LogP contribution in [0.4, 0.5) is 16.3 Å². The number of nitrogens with one attached hydrogen (secondary N) is 1. The molecule has 0 unspecified atom stereocenters. The van der Waals surface area contributed by atoms with E-state index in [1.165, 1.54) is 0 Å². The molecule has 0 spiro atoms. The molecule has 0 aliphatic carbocycles. The minimum absolute atomic E-state index is 0.423. The van der Waals surface area contributed by atoms with Crippen LogP contribution in [0.5, 0.6) is 0 Å². The molecule has 3 aromatic rings. The number of aromatic nitrogens is 1. The highest BCUT2D eigenvalue weighted by Crippen LogP contribution is 2.33. The van der Waals surface area contributed by atoms with Crippen LogP contribution in [-0.4, -0.2) is 16.7 Å². The van der Waals surface area contributed by atoms with Gasteiger partial charge in [-0.3, -0.25) is 5.32 Å². The largest absolute Gasteiger partial charge is 0.463 e. The molecular formula is C18H19N3O3. The number of furan rings is 1. The summed E-state index contributed by atoms with van der Waals surface area (Å²) in [6.45, 7) is 5.45. The SMILES string of the molecule is CC(C)(C)OC(=O)Nc1ccc(-c2coc3ccnc(N)c23)cc1.